The van der Waals surface area contributed by atoms with Gasteiger partial charge in [0.15, 0.2) is 0 Å². The third-order valence-electron chi connectivity index (χ3n) is 4.80. The van der Waals surface area contributed by atoms with Gasteiger partial charge in [-0.15, -0.1) is 0 Å². The van der Waals surface area contributed by atoms with Gasteiger partial charge in [0, 0.05) is 31.9 Å². The second kappa shape index (κ2) is 7.68. The third kappa shape index (κ3) is 4.38. The molecule has 0 spiro atoms. The van der Waals surface area contributed by atoms with Gasteiger partial charge in [-0.1, -0.05) is 38.1 Å². The molecule has 25 heavy (non-hydrogen) atoms. The number of rotatable bonds is 4. The van der Waals surface area contributed by atoms with Gasteiger partial charge in [-0.2, -0.15) is 0 Å². The molecular weight excluding hydrogens is 315 g/mol. The molecule has 0 atom stereocenters. The summed E-state index contributed by atoms with van der Waals surface area (Å²) < 4.78 is 13.2. The minimum Gasteiger partial charge on any atom is -0.368 e. The SMILES string of the molecule is CC(C)c1ccc(N2CCN(C(=O)Cc3cccc(F)c3)CC2)cc1. The standard InChI is InChI=1S/C21H25FN2O/c1-16(2)18-6-8-20(9-7-18)23-10-12-24(13-11-23)21(25)15-17-4-3-5-19(22)14-17/h3-9,14,16H,10-13,15H2,1-2H3. The zero-order chi connectivity index (χ0) is 17.8. The summed E-state index contributed by atoms with van der Waals surface area (Å²) in [5, 5.41) is 0. The van der Waals surface area contributed by atoms with Crippen molar-refractivity contribution < 1.29 is 9.18 Å². The van der Waals surface area contributed by atoms with E-state index in [1.807, 2.05) is 4.90 Å². The Kier molecular flexibility index (Phi) is 5.37. The van der Waals surface area contributed by atoms with Crippen LogP contribution >= 0.6 is 0 Å². The number of carbonyl (C=O) groups excluding carboxylic acids is 1. The average Bonchev–Trinajstić information content (AvgIpc) is 2.62. The van der Waals surface area contributed by atoms with Crippen molar-refractivity contribution in [2.45, 2.75) is 26.2 Å². The molecule has 0 aliphatic carbocycles. The van der Waals surface area contributed by atoms with Crippen molar-refractivity contribution in [3.63, 3.8) is 0 Å². The molecule has 3 nitrogen and oxygen atoms in total. The molecule has 2 aromatic rings. The van der Waals surface area contributed by atoms with E-state index >= 15 is 0 Å². The molecule has 1 amide bonds. The number of amides is 1. The molecular formula is C21H25FN2O. The van der Waals surface area contributed by atoms with Crippen molar-refractivity contribution in [2.24, 2.45) is 0 Å². The normalized spacial score (nSPS) is 14.9. The van der Waals surface area contributed by atoms with E-state index in [2.05, 4.69) is 43.0 Å². The maximum Gasteiger partial charge on any atom is 0.227 e. The largest absolute Gasteiger partial charge is 0.368 e. The summed E-state index contributed by atoms with van der Waals surface area (Å²) in [6.45, 7) is 7.46. The second-order valence-corrected chi connectivity index (χ2v) is 6.92. The van der Waals surface area contributed by atoms with Crippen LogP contribution in [0.3, 0.4) is 0 Å². The predicted octanol–water partition coefficient (Wildman–Crippen LogP) is 3.84. The Balaban J connectivity index is 1.55. The van der Waals surface area contributed by atoms with Crippen molar-refractivity contribution in [3.8, 4) is 0 Å². The molecule has 0 saturated carbocycles. The minimum absolute atomic E-state index is 0.0698. The number of piperazine rings is 1. The Bertz CT molecular complexity index is 719. The molecule has 0 unspecified atom stereocenters. The molecule has 1 heterocycles. The van der Waals surface area contributed by atoms with Crippen molar-refractivity contribution in [3.05, 3.63) is 65.5 Å². The lowest BCUT2D eigenvalue weighted by Crippen LogP contribution is -2.49. The molecule has 2 aromatic carbocycles. The fraction of sp³-hybridized carbons (Fsp3) is 0.381. The fourth-order valence-corrected chi connectivity index (χ4v) is 3.22. The quantitative estimate of drug-likeness (QED) is 0.844. The zero-order valence-corrected chi connectivity index (χ0v) is 14.9. The van der Waals surface area contributed by atoms with Gasteiger partial charge in [-0.05, 0) is 41.3 Å². The van der Waals surface area contributed by atoms with Gasteiger partial charge in [0.1, 0.15) is 5.82 Å². The third-order valence-corrected chi connectivity index (χ3v) is 4.80. The molecule has 4 heteroatoms. The van der Waals surface area contributed by atoms with E-state index in [1.54, 1.807) is 12.1 Å². The zero-order valence-electron chi connectivity index (χ0n) is 14.9. The molecule has 1 saturated heterocycles. The predicted molar refractivity (Wildman–Crippen MR) is 99.4 cm³/mol. The van der Waals surface area contributed by atoms with Crippen LogP contribution in [0.4, 0.5) is 10.1 Å². The summed E-state index contributed by atoms with van der Waals surface area (Å²) in [6.07, 6.45) is 0.265. The van der Waals surface area contributed by atoms with E-state index in [0.29, 0.717) is 19.0 Å². The number of carbonyl (C=O) groups is 1. The van der Waals surface area contributed by atoms with Gasteiger partial charge in [0.05, 0.1) is 6.42 Å². The lowest BCUT2D eigenvalue weighted by Gasteiger charge is -2.36. The number of hydrogen-bond donors (Lipinski definition) is 0. The first-order chi connectivity index (χ1) is 12.0. The number of benzene rings is 2. The van der Waals surface area contributed by atoms with E-state index in [1.165, 1.54) is 23.4 Å². The Morgan fingerprint density at radius 2 is 1.72 bits per heavy atom. The number of nitrogens with zero attached hydrogens (tertiary/aromatic N) is 2. The Morgan fingerprint density at radius 3 is 2.32 bits per heavy atom. The summed E-state index contributed by atoms with van der Waals surface area (Å²) >= 11 is 0. The summed E-state index contributed by atoms with van der Waals surface area (Å²) in [6, 6.07) is 15.0. The first-order valence-electron chi connectivity index (χ1n) is 8.90. The minimum atomic E-state index is -0.292. The highest BCUT2D eigenvalue weighted by atomic mass is 19.1. The molecule has 1 aliphatic rings. The highest BCUT2D eigenvalue weighted by Gasteiger charge is 2.21. The number of halogens is 1. The number of anilines is 1. The van der Waals surface area contributed by atoms with Crippen LogP contribution in [0.2, 0.25) is 0 Å². The first kappa shape index (κ1) is 17.5. The topological polar surface area (TPSA) is 23.6 Å². The molecule has 0 N–H and O–H groups in total. The van der Waals surface area contributed by atoms with Crippen molar-refractivity contribution in [2.75, 3.05) is 31.1 Å². The maximum absolute atomic E-state index is 13.2. The Labute approximate surface area is 149 Å². The van der Waals surface area contributed by atoms with Crippen LogP contribution < -0.4 is 4.90 Å². The summed E-state index contributed by atoms with van der Waals surface area (Å²) in [5.41, 5.74) is 3.28. The van der Waals surface area contributed by atoms with Crippen molar-refractivity contribution in [1.82, 2.24) is 4.90 Å². The maximum atomic E-state index is 13.2. The smallest absolute Gasteiger partial charge is 0.227 e. The van der Waals surface area contributed by atoms with Crippen LogP contribution in [0.1, 0.15) is 30.9 Å². The van der Waals surface area contributed by atoms with E-state index in [9.17, 15) is 9.18 Å². The summed E-state index contributed by atoms with van der Waals surface area (Å²) in [7, 11) is 0. The van der Waals surface area contributed by atoms with E-state index in [4.69, 9.17) is 0 Å². The van der Waals surface area contributed by atoms with Crippen molar-refractivity contribution in [1.29, 1.82) is 0 Å². The molecule has 0 bridgehead atoms. The van der Waals surface area contributed by atoms with Gasteiger partial charge in [0.25, 0.3) is 0 Å². The van der Waals surface area contributed by atoms with Crippen LogP contribution in [0, 0.1) is 5.82 Å². The van der Waals surface area contributed by atoms with Gasteiger partial charge < -0.3 is 9.80 Å². The second-order valence-electron chi connectivity index (χ2n) is 6.92. The van der Waals surface area contributed by atoms with E-state index in [0.717, 1.165) is 18.7 Å². The lowest BCUT2D eigenvalue weighted by molar-refractivity contribution is -0.130. The van der Waals surface area contributed by atoms with Gasteiger partial charge in [-0.3, -0.25) is 4.79 Å². The fourth-order valence-electron chi connectivity index (χ4n) is 3.22. The molecule has 0 aromatic heterocycles. The van der Waals surface area contributed by atoms with E-state index < -0.39 is 0 Å². The highest BCUT2D eigenvalue weighted by molar-refractivity contribution is 5.79. The van der Waals surface area contributed by atoms with Crippen LogP contribution in [-0.4, -0.2) is 37.0 Å². The lowest BCUT2D eigenvalue weighted by atomic mass is 10.0. The van der Waals surface area contributed by atoms with Crippen LogP contribution in [0.25, 0.3) is 0 Å². The Hall–Kier alpha value is -2.36. The molecule has 1 aliphatic heterocycles. The van der Waals surface area contributed by atoms with Gasteiger partial charge >= 0.3 is 0 Å². The first-order valence-corrected chi connectivity index (χ1v) is 8.90. The summed E-state index contributed by atoms with van der Waals surface area (Å²) in [5.74, 6) is 0.312. The molecule has 1 fully saturated rings. The van der Waals surface area contributed by atoms with E-state index in [-0.39, 0.29) is 18.1 Å². The molecule has 0 radical (unpaired) electrons. The summed E-state index contributed by atoms with van der Waals surface area (Å²) in [4.78, 5) is 16.6. The van der Waals surface area contributed by atoms with Gasteiger partial charge in [-0.25, -0.2) is 4.39 Å². The molecule has 132 valence electrons. The number of hydrogen-bond acceptors (Lipinski definition) is 2. The van der Waals surface area contributed by atoms with Crippen molar-refractivity contribution >= 4 is 11.6 Å². The van der Waals surface area contributed by atoms with Crippen LogP contribution in [0.5, 0.6) is 0 Å². The van der Waals surface area contributed by atoms with Crippen LogP contribution in [-0.2, 0) is 11.2 Å². The highest BCUT2D eigenvalue weighted by Crippen LogP contribution is 2.21. The Morgan fingerprint density at radius 1 is 1.04 bits per heavy atom. The van der Waals surface area contributed by atoms with Crippen LogP contribution in [0.15, 0.2) is 48.5 Å². The monoisotopic (exact) mass is 340 g/mol. The average molecular weight is 340 g/mol. The molecule has 3 rings (SSSR count). The van der Waals surface area contributed by atoms with Gasteiger partial charge in [0.2, 0.25) is 5.91 Å².